The van der Waals surface area contributed by atoms with Gasteiger partial charge in [0.2, 0.25) is 0 Å². The minimum atomic E-state index is -0.446. The first kappa shape index (κ1) is 18.4. The van der Waals surface area contributed by atoms with E-state index >= 15 is 0 Å². The Morgan fingerprint density at radius 2 is 1.30 bits per heavy atom. The second-order valence-electron chi connectivity index (χ2n) is 10.8. The molecule has 154 valence electrons. The molecule has 4 fully saturated rings. The Hall–Kier alpha value is -2.35. The van der Waals surface area contributed by atoms with Gasteiger partial charge in [0.25, 0.3) is 0 Å². The highest BCUT2D eigenvalue weighted by atomic mass is 16.6. The molecule has 0 heterocycles. The lowest BCUT2D eigenvalue weighted by Crippen LogP contribution is -2.57. The van der Waals surface area contributed by atoms with Crippen molar-refractivity contribution < 1.29 is 9.53 Å². The molecule has 7 rings (SSSR count). The molecule has 0 aliphatic heterocycles. The maximum atomic E-state index is 13.8. The zero-order chi connectivity index (χ0) is 20.5. The molecule has 0 spiro atoms. The molecular formula is C28H30O2. The van der Waals surface area contributed by atoms with Crippen LogP contribution < -0.4 is 0 Å². The predicted molar refractivity (Wildman–Crippen MR) is 122 cm³/mol. The summed E-state index contributed by atoms with van der Waals surface area (Å²) in [5.74, 6) is 2.36. The van der Waals surface area contributed by atoms with Gasteiger partial charge in [-0.1, -0.05) is 48.5 Å². The maximum absolute atomic E-state index is 13.8. The van der Waals surface area contributed by atoms with E-state index in [1.54, 1.807) is 0 Å². The fourth-order valence-electron chi connectivity index (χ4n) is 7.47. The van der Waals surface area contributed by atoms with Crippen LogP contribution in [0.15, 0.2) is 54.6 Å². The number of carbonyl (C=O) groups excluding carboxylic acids is 1. The number of hydrogen-bond donors (Lipinski definition) is 0. The van der Waals surface area contributed by atoms with Crippen LogP contribution in [-0.2, 0) is 4.74 Å². The fraction of sp³-hybridized carbons (Fsp3) is 0.464. The third-order valence-corrected chi connectivity index (χ3v) is 8.64. The smallest absolute Gasteiger partial charge is 0.339 e. The molecule has 4 aliphatic carbocycles. The molecule has 2 nitrogen and oxygen atoms in total. The predicted octanol–water partition coefficient (Wildman–Crippen LogP) is 7.14. The maximum Gasteiger partial charge on any atom is 0.339 e. The minimum absolute atomic E-state index is 0.151. The van der Waals surface area contributed by atoms with E-state index in [1.807, 2.05) is 24.3 Å². The Balaban J connectivity index is 1.42. The van der Waals surface area contributed by atoms with Gasteiger partial charge < -0.3 is 4.74 Å². The summed E-state index contributed by atoms with van der Waals surface area (Å²) in [5, 5.41) is 4.16. The van der Waals surface area contributed by atoms with E-state index < -0.39 is 5.60 Å². The van der Waals surface area contributed by atoms with E-state index in [1.165, 1.54) is 38.5 Å². The fourth-order valence-corrected chi connectivity index (χ4v) is 7.47. The summed E-state index contributed by atoms with van der Waals surface area (Å²) < 4.78 is 6.49. The van der Waals surface area contributed by atoms with Gasteiger partial charge >= 0.3 is 5.97 Å². The molecule has 0 N–H and O–H groups in total. The van der Waals surface area contributed by atoms with Crippen molar-refractivity contribution in [1.82, 2.24) is 0 Å². The van der Waals surface area contributed by atoms with Crippen molar-refractivity contribution in [2.75, 3.05) is 0 Å². The van der Waals surface area contributed by atoms with Crippen molar-refractivity contribution >= 4 is 27.5 Å². The van der Waals surface area contributed by atoms with E-state index in [4.69, 9.17) is 4.74 Å². The minimum Gasteiger partial charge on any atom is -0.455 e. The van der Waals surface area contributed by atoms with Crippen molar-refractivity contribution in [2.45, 2.75) is 58.0 Å². The van der Waals surface area contributed by atoms with Crippen LogP contribution in [0.3, 0.4) is 0 Å². The van der Waals surface area contributed by atoms with Crippen molar-refractivity contribution in [3.8, 4) is 0 Å². The summed E-state index contributed by atoms with van der Waals surface area (Å²) in [6.45, 7) is 4.37. The highest BCUT2D eigenvalue weighted by Gasteiger charge is 2.58. The molecule has 0 saturated heterocycles. The zero-order valence-corrected chi connectivity index (χ0v) is 18.0. The molecule has 3 aromatic rings. The molecule has 0 radical (unpaired) electrons. The largest absolute Gasteiger partial charge is 0.455 e. The number of benzene rings is 3. The highest BCUT2D eigenvalue weighted by molar-refractivity contribution is 6.16. The monoisotopic (exact) mass is 398 g/mol. The normalized spacial score (nSPS) is 30.1. The van der Waals surface area contributed by atoms with Gasteiger partial charge in [0.1, 0.15) is 5.60 Å². The van der Waals surface area contributed by atoms with E-state index in [0.717, 1.165) is 44.9 Å². The second kappa shape index (κ2) is 6.33. The summed E-state index contributed by atoms with van der Waals surface area (Å²) in [6, 6.07) is 18.5. The highest BCUT2D eigenvalue weighted by Crippen LogP contribution is 2.64. The summed E-state index contributed by atoms with van der Waals surface area (Å²) in [7, 11) is 0. The molecule has 4 bridgehead atoms. The molecule has 4 aliphatic rings. The topological polar surface area (TPSA) is 26.3 Å². The van der Waals surface area contributed by atoms with Gasteiger partial charge in [-0.3, -0.25) is 0 Å². The number of fused-ring (bicyclic) bond motifs is 2. The molecule has 0 atom stereocenters. The first-order valence-electron chi connectivity index (χ1n) is 11.6. The molecule has 2 heteroatoms. The third-order valence-electron chi connectivity index (χ3n) is 8.64. The summed E-state index contributed by atoms with van der Waals surface area (Å²) in [4.78, 5) is 13.8. The Labute approximate surface area is 178 Å². The van der Waals surface area contributed by atoms with Crippen LogP contribution in [0.4, 0.5) is 0 Å². The van der Waals surface area contributed by atoms with Crippen LogP contribution in [0.2, 0.25) is 0 Å². The molecule has 4 saturated carbocycles. The first-order chi connectivity index (χ1) is 14.4. The van der Waals surface area contributed by atoms with Crippen molar-refractivity contribution in [3.05, 3.63) is 60.2 Å². The molecular weight excluding hydrogens is 368 g/mol. The van der Waals surface area contributed by atoms with Gasteiger partial charge in [-0.05, 0) is 97.7 Å². The number of ether oxygens (including phenoxy) is 1. The van der Waals surface area contributed by atoms with Crippen LogP contribution in [0.1, 0.15) is 62.7 Å². The van der Waals surface area contributed by atoms with Crippen LogP contribution in [0, 0.1) is 23.2 Å². The van der Waals surface area contributed by atoms with Crippen molar-refractivity contribution in [2.24, 2.45) is 23.2 Å². The average molecular weight is 399 g/mol. The zero-order valence-electron chi connectivity index (χ0n) is 18.0. The van der Waals surface area contributed by atoms with Crippen LogP contribution in [-0.4, -0.2) is 11.6 Å². The summed E-state index contributed by atoms with van der Waals surface area (Å²) >= 11 is 0. The number of rotatable bonds is 3. The Morgan fingerprint density at radius 1 is 0.833 bits per heavy atom. The summed E-state index contributed by atoms with van der Waals surface area (Å²) in [6.07, 6.45) is 7.90. The first-order valence-corrected chi connectivity index (χ1v) is 11.6. The van der Waals surface area contributed by atoms with Gasteiger partial charge in [-0.15, -0.1) is 0 Å². The molecule has 0 aromatic heterocycles. The van der Waals surface area contributed by atoms with Crippen LogP contribution in [0.25, 0.3) is 21.5 Å². The standard InChI is InChI=1S/C28H30O2/c1-27(2,28-15-18-11-19(16-28)13-20(12-18)17-28)30-26(29)25-23-9-5-3-7-21(23)14-22-8-4-6-10-24(22)25/h3-10,14,18-20H,11-13,15-17H2,1-2H3. The van der Waals surface area contributed by atoms with Crippen molar-refractivity contribution in [1.29, 1.82) is 0 Å². The Bertz CT molecular complexity index is 1070. The average Bonchev–Trinajstić information content (AvgIpc) is 2.70. The number of hydrogen-bond acceptors (Lipinski definition) is 2. The van der Waals surface area contributed by atoms with Crippen LogP contribution >= 0.6 is 0 Å². The van der Waals surface area contributed by atoms with Gasteiger partial charge in [0.05, 0.1) is 5.56 Å². The SMILES string of the molecule is CC(C)(OC(=O)c1c2ccccc2cc2ccccc12)C12CC3CC(CC(C3)C1)C2. The van der Waals surface area contributed by atoms with Gasteiger partial charge in [-0.25, -0.2) is 4.79 Å². The summed E-state index contributed by atoms with van der Waals surface area (Å²) in [5.41, 5.74) is 0.428. The van der Waals surface area contributed by atoms with E-state index in [2.05, 4.69) is 44.2 Å². The molecule has 0 amide bonds. The molecule has 0 unspecified atom stereocenters. The van der Waals surface area contributed by atoms with E-state index in [9.17, 15) is 4.79 Å². The lowest BCUT2D eigenvalue weighted by molar-refractivity contribution is -0.164. The molecule has 3 aromatic carbocycles. The van der Waals surface area contributed by atoms with E-state index in [-0.39, 0.29) is 11.4 Å². The quantitative estimate of drug-likeness (QED) is 0.346. The molecule has 30 heavy (non-hydrogen) atoms. The second-order valence-corrected chi connectivity index (χ2v) is 10.8. The number of carbonyl (C=O) groups is 1. The lowest BCUT2D eigenvalue weighted by atomic mass is 9.46. The third kappa shape index (κ3) is 2.65. The van der Waals surface area contributed by atoms with Crippen molar-refractivity contribution in [3.63, 3.8) is 0 Å². The lowest BCUT2D eigenvalue weighted by Gasteiger charge is -2.61. The van der Waals surface area contributed by atoms with E-state index in [0.29, 0.717) is 0 Å². The Kier molecular flexibility index (Phi) is 3.88. The number of esters is 1. The van der Waals surface area contributed by atoms with Gasteiger partial charge in [0.15, 0.2) is 0 Å². The van der Waals surface area contributed by atoms with Crippen LogP contribution in [0.5, 0.6) is 0 Å². The Morgan fingerprint density at radius 3 is 1.80 bits per heavy atom. The van der Waals surface area contributed by atoms with Gasteiger partial charge in [0, 0.05) is 5.41 Å². The van der Waals surface area contributed by atoms with Gasteiger partial charge in [-0.2, -0.15) is 0 Å².